The van der Waals surface area contributed by atoms with E-state index in [1.165, 1.54) is 5.56 Å². The summed E-state index contributed by atoms with van der Waals surface area (Å²) >= 11 is 0. The lowest BCUT2D eigenvalue weighted by molar-refractivity contribution is 0.0443. The molecule has 1 aliphatic rings. The average molecular weight is 412 g/mol. The number of rotatable bonds is 5. The van der Waals surface area contributed by atoms with Crippen molar-refractivity contribution in [1.29, 1.82) is 0 Å². The van der Waals surface area contributed by atoms with E-state index >= 15 is 0 Å². The third-order valence-electron chi connectivity index (χ3n) is 5.45. The second-order valence-corrected chi connectivity index (χ2v) is 7.72. The molecule has 0 saturated carbocycles. The zero-order valence-corrected chi connectivity index (χ0v) is 17.4. The van der Waals surface area contributed by atoms with Gasteiger partial charge in [-0.05, 0) is 23.8 Å². The third-order valence-corrected chi connectivity index (χ3v) is 5.45. The van der Waals surface area contributed by atoms with Crippen LogP contribution in [0.5, 0.6) is 0 Å². The molecule has 0 atom stereocenters. The highest BCUT2D eigenvalue weighted by molar-refractivity contribution is 5.81. The smallest absolute Gasteiger partial charge is 0.111 e. The summed E-state index contributed by atoms with van der Waals surface area (Å²) in [4.78, 5) is 10.5. The van der Waals surface area contributed by atoms with Crippen LogP contribution in [0, 0.1) is 11.8 Å². The molecule has 5 rings (SSSR count). The van der Waals surface area contributed by atoms with E-state index in [4.69, 9.17) is 14.8 Å². The number of nitrogens with zero attached hydrogens (tertiary/aromatic N) is 4. The molecule has 6 nitrogen and oxygen atoms in total. The molecule has 0 amide bonds. The minimum Gasteiger partial charge on any atom is -0.379 e. The van der Waals surface area contributed by atoms with E-state index in [9.17, 15) is 0 Å². The second kappa shape index (κ2) is 9.17. The first kappa shape index (κ1) is 19.6. The summed E-state index contributed by atoms with van der Waals surface area (Å²) in [5.41, 5.74) is 5.26. The lowest BCUT2D eigenvalue weighted by Gasteiger charge is -2.24. The van der Waals surface area contributed by atoms with Gasteiger partial charge in [-0.1, -0.05) is 48.2 Å². The van der Waals surface area contributed by atoms with Crippen LogP contribution in [0.1, 0.15) is 11.4 Å². The van der Waals surface area contributed by atoms with E-state index < -0.39 is 0 Å². The number of hydrogen-bond acceptors (Lipinski definition) is 4. The zero-order chi connectivity index (χ0) is 20.9. The third kappa shape index (κ3) is 4.85. The van der Waals surface area contributed by atoms with E-state index in [2.05, 4.69) is 64.2 Å². The largest absolute Gasteiger partial charge is 0.379 e. The fourth-order valence-electron chi connectivity index (χ4n) is 3.76. The van der Waals surface area contributed by atoms with Gasteiger partial charge in [0, 0.05) is 31.3 Å². The topological polar surface area (TPSA) is 59.0 Å². The molecule has 0 unspecified atom stereocenters. The molecule has 0 bridgehead atoms. The molecule has 0 radical (unpaired) electrons. The van der Waals surface area contributed by atoms with Crippen LogP contribution in [0.3, 0.4) is 0 Å². The van der Waals surface area contributed by atoms with Gasteiger partial charge >= 0.3 is 0 Å². The van der Waals surface area contributed by atoms with Crippen molar-refractivity contribution in [3.05, 3.63) is 72.2 Å². The van der Waals surface area contributed by atoms with Gasteiger partial charge in [-0.2, -0.15) is 5.10 Å². The molecule has 3 heterocycles. The van der Waals surface area contributed by atoms with Crippen molar-refractivity contribution in [3.8, 4) is 23.1 Å². The fraction of sp³-hybridized carbons (Fsp3) is 0.280. The fourth-order valence-corrected chi connectivity index (χ4v) is 3.76. The van der Waals surface area contributed by atoms with Crippen molar-refractivity contribution in [2.45, 2.75) is 13.0 Å². The maximum absolute atomic E-state index is 5.36. The molecular weight excluding hydrogens is 386 g/mol. The number of hydrogen-bond donors (Lipinski definition) is 1. The molecule has 2 aromatic carbocycles. The van der Waals surface area contributed by atoms with Crippen LogP contribution >= 0.6 is 0 Å². The molecule has 1 N–H and O–H groups in total. The predicted octanol–water partition coefficient (Wildman–Crippen LogP) is 3.35. The summed E-state index contributed by atoms with van der Waals surface area (Å²) < 4.78 is 7.25. The van der Waals surface area contributed by atoms with Gasteiger partial charge < -0.3 is 9.72 Å². The summed E-state index contributed by atoms with van der Waals surface area (Å²) in [6, 6.07) is 18.7. The Hall–Kier alpha value is -3.40. The summed E-state index contributed by atoms with van der Waals surface area (Å²) in [6.07, 6.45) is 2.78. The minimum absolute atomic E-state index is 0.595. The van der Waals surface area contributed by atoms with Crippen molar-refractivity contribution >= 4 is 11.0 Å². The normalized spacial score (nSPS) is 14.5. The molecule has 4 aromatic rings. The number of imidazole rings is 1. The van der Waals surface area contributed by atoms with Crippen LogP contribution in [0.2, 0.25) is 0 Å². The van der Waals surface area contributed by atoms with Gasteiger partial charge in [-0.15, -0.1) is 0 Å². The van der Waals surface area contributed by atoms with Crippen molar-refractivity contribution in [2.75, 3.05) is 32.8 Å². The van der Waals surface area contributed by atoms with Crippen LogP contribution in [-0.2, 0) is 17.7 Å². The number of benzene rings is 2. The summed E-state index contributed by atoms with van der Waals surface area (Å²) in [5, 5.41) is 4.69. The average Bonchev–Trinajstić information content (AvgIpc) is 3.44. The van der Waals surface area contributed by atoms with Crippen molar-refractivity contribution < 1.29 is 4.74 Å². The quantitative estimate of drug-likeness (QED) is 0.512. The summed E-state index contributed by atoms with van der Waals surface area (Å²) in [7, 11) is 0. The Morgan fingerprint density at radius 3 is 2.68 bits per heavy atom. The number of fused-ring (bicyclic) bond motifs is 1. The van der Waals surface area contributed by atoms with Crippen molar-refractivity contribution in [1.82, 2.24) is 24.6 Å². The van der Waals surface area contributed by atoms with E-state index in [1.54, 1.807) is 0 Å². The Morgan fingerprint density at radius 2 is 1.81 bits per heavy atom. The molecule has 156 valence electrons. The van der Waals surface area contributed by atoms with Gasteiger partial charge in [0.25, 0.3) is 0 Å². The van der Waals surface area contributed by atoms with Crippen LogP contribution < -0.4 is 0 Å². The number of H-pyrrole nitrogens is 1. The molecule has 31 heavy (non-hydrogen) atoms. The lowest BCUT2D eigenvalue weighted by atomic mass is 10.1. The van der Waals surface area contributed by atoms with Crippen molar-refractivity contribution in [2.24, 2.45) is 0 Å². The van der Waals surface area contributed by atoms with E-state index in [1.807, 2.05) is 23.0 Å². The van der Waals surface area contributed by atoms with Gasteiger partial charge in [-0.25, -0.2) is 4.98 Å². The van der Waals surface area contributed by atoms with Gasteiger partial charge in [0.2, 0.25) is 0 Å². The van der Waals surface area contributed by atoms with Crippen LogP contribution in [0.25, 0.3) is 22.3 Å². The first-order chi connectivity index (χ1) is 15.3. The van der Waals surface area contributed by atoms with Gasteiger partial charge in [0.1, 0.15) is 12.4 Å². The van der Waals surface area contributed by atoms with Crippen LogP contribution in [0.15, 0.2) is 60.8 Å². The molecule has 1 aliphatic heterocycles. The highest BCUT2D eigenvalue weighted by Crippen LogP contribution is 2.22. The van der Waals surface area contributed by atoms with E-state index in [0.717, 1.165) is 67.4 Å². The molecule has 6 heteroatoms. The molecule has 0 spiro atoms. The van der Waals surface area contributed by atoms with Gasteiger partial charge in [0.05, 0.1) is 36.5 Å². The zero-order valence-electron chi connectivity index (χ0n) is 17.4. The molecule has 0 aliphatic carbocycles. The first-order valence-electron chi connectivity index (χ1n) is 10.7. The first-order valence-corrected chi connectivity index (χ1v) is 10.7. The molecular formula is C25H25N5O. The highest BCUT2D eigenvalue weighted by Gasteiger charge is 2.09. The molecule has 1 saturated heterocycles. The monoisotopic (exact) mass is 411 g/mol. The van der Waals surface area contributed by atoms with Crippen LogP contribution in [-0.4, -0.2) is 57.5 Å². The van der Waals surface area contributed by atoms with E-state index in [-0.39, 0.29) is 0 Å². The Balaban J connectivity index is 1.25. The second-order valence-electron chi connectivity index (χ2n) is 7.72. The number of aromatic nitrogens is 4. The Labute approximate surface area is 181 Å². The Kier molecular flexibility index (Phi) is 5.79. The van der Waals surface area contributed by atoms with Crippen LogP contribution in [0.4, 0.5) is 0 Å². The summed E-state index contributed by atoms with van der Waals surface area (Å²) in [5.74, 6) is 7.44. The number of aromatic amines is 1. The number of nitrogens with one attached hydrogen (secondary N) is 1. The number of morpholine rings is 1. The minimum atomic E-state index is 0.595. The van der Waals surface area contributed by atoms with Crippen molar-refractivity contribution in [3.63, 3.8) is 0 Å². The Bertz CT molecular complexity index is 1210. The van der Waals surface area contributed by atoms with E-state index in [0.29, 0.717) is 6.54 Å². The maximum Gasteiger partial charge on any atom is 0.111 e. The van der Waals surface area contributed by atoms with Gasteiger partial charge in [0.15, 0.2) is 0 Å². The lowest BCUT2D eigenvalue weighted by Crippen LogP contribution is -2.36. The predicted molar refractivity (Wildman–Crippen MR) is 122 cm³/mol. The SMILES string of the molecule is C(#CCn1ccc(-c2ccc3nc(Cc4ccccc4)[nH]c3c2)n1)CN1CCOCC1. The summed E-state index contributed by atoms with van der Waals surface area (Å²) in [6.45, 7) is 4.92. The highest BCUT2D eigenvalue weighted by atomic mass is 16.5. The standard InChI is InChI=1S/C25H25N5O/c1-2-6-20(7-3-1)18-25-26-23-9-8-21(19-24(23)27-25)22-10-13-30(28-22)12-5-4-11-29-14-16-31-17-15-29/h1-3,6-10,13,19H,11-12,14-18H2,(H,26,27). The molecule has 2 aromatic heterocycles. The number of ether oxygens (including phenoxy) is 1. The van der Waals surface area contributed by atoms with Gasteiger partial charge in [-0.3, -0.25) is 9.58 Å². The Morgan fingerprint density at radius 1 is 0.968 bits per heavy atom. The maximum atomic E-state index is 5.36. The molecule has 1 fully saturated rings.